The van der Waals surface area contributed by atoms with E-state index in [4.69, 9.17) is 0 Å². The summed E-state index contributed by atoms with van der Waals surface area (Å²) in [5, 5.41) is 0. The van der Waals surface area contributed by atoms with Gasteiger partial charge in [0, 0.05) is 0 Å². The molecule has 0 heterocycles. The molecule has 4 atom stereocenters. The third kappa shape index (κ3) is 0.500. The van der Waals surface area contributed by atoms with E-state index in [1.165, 1.54) is 23.7 Å². The molecule has 10 heavy (non-hydrogen) atoms. The molecule has 0 saturated heterocycles. The fourth-order valence-electron chi connectivity index (χ4n) is 3.72. The van der Waals surface area contributed by atoms with Gasteiger partial charge in [-0.2, -0.15) is 0 Å². The van der Waals surface area contributed by atoms with Crippen molar-refractivity contribution in [2.45, 2.75) is 38.5 Å². The van der Waals surface area contributed by atoms with Gasteiger partial charge in [-0.1, -0.05) is 12.8 Å². The summed E-state index contributed by atoms with van der Waals surface area (Å²) in [5.74, 6) is 4.88. The summed E-state index contributed by atoms with van der Waals surface area (Å²) in [6.45, 7) is 0. The highest BCUT2D eigenvalue weighted by molar-refractivity contribution is 5.03. The second-order valence-corrected chi connectivity index (χ2v) is 4.52. The fraction of sp³-hybridized carbons (Fsp3) is 1.00. The van der Waals surface area contributed by atoms with Gasteiger partial charge in [-0.25, -0.2) is 0 Å². The van der Waals surface area contributed by atoms with Crippen LogP contribution in [0.5, 0.6) is 0 Å². The van der Waals surface area contributed by atoms with Crippen molar-refractivity contribution in [2.75, 3.05) is 0 Å². The Morgan fingerprint density at radius 1 is 0.500 bits per heavy atom. The van der Waals surface area contributed by atoms with Crippen LogP contribution in [0.2, 0.25) is 0 Å². The van der Waals surface area contributed by atoms with Crippen LogP contribution in [0, 0.1) is 23.7 Å². The lowest BCUT2D eigenvalue weighted by atomic mass is 9.44. The third-order valence-electron chi connectivity index (χ3n) is 4.36. The molecule has 4 unspecified atom stereocenters. The van der Waals surface area contributed by atoms with Crippen LogP contribution in [0.25, 0.3) is 0 Å². The predicted octanol–water partition coefficient (Wildman–Crippen LogP) is 2.83. The van der Waals surface area contributed by atoms with Gasteiger partial charge in [0.2, 0.25) is 0 Å². The van der Waals surface area contributed by atoms with E-state index >= 15 is 0 Å². The van der Waals surface area contributed by atoms with Gasteiger partial charge in [-0.05, 0) is 49.4 Å². The van der Waals surface area contributed by atoms with E-state index in [-0.39, 0.29) is 0 Å². The number of rotatable bonds is 0. The zero-order valence-electron chi connectivity index (χ0n) is 6.55. The van der Waals surface area contributed by atoms with Crippen molar-refractivity contribution in [2.24, 2.45) is 23.7 Å². The van der Waals surface area contributed by atoms with E-state index in [1.807, 2.05) is 0 Å². The number of fused-ring (bicyclic) bond motifs is 4. The SMILES string of the molecule is C1CCC2C(C1)C1CCC21. The lowest BCUT2D eigenvalue weighted by molar-refractivity contribution is -0.123. The van der Waals surface area contributed by atoms with Crippen LogP contribution in [0.4, 0.5) is 0 Å². The van der Waals surface area contributed by atoms with E-state index in [0.29, 0.717) is 0 Å². The fourth-order valence-corrected chi connectivity index (χ4v) is 3.72. The number of hydrogen-bond donors (Lipinski definition) is 0. The molecule has 3 saturated carbocycles. The van der Waals surface area contributed by atoms with Crippen LogP contribution < -0.4 is 0 Å². The Labute approximate surface area is 63.0 Å². The summed E-state index contributed by atoms with van der Waals surface area (Å²) in [7, 11) is 0. The summed E-state index contributed by atoms with van der Waals surface area (Å²) in [5.41, 5.74) is 0. The largest absolute Gasteiger partial charge is 0.0530 e. The maximum absolute atomic E-state index is 1.59. The van der Waals surface area contributed by atoms with Crippen molar-refractivity contribution in [1.82, 2.24) is 0 Å². The first-order chi connectivity index (χ1) is 4.97. The normalized spacial score (nSPS) is 57.6. The third-order valence-corrected chi connectivity index (χ3v) is 4.36. The molecule has 0 N–H and O–H groups in total. The minimum Gasteiger partial charge on any atom is -0.0530 e. The van der Waals surface area contributed by atoms with Gasteiger partial charge in [0.25, 0.3) is 0 Å². The van der Waals surface area contributed by atoms with Crippen molar-refractivity contribution in [1.29, 1.82) is 0 Å². The first-order valence-corrected chi connectivity index (χ1v) is 4.97. The molecule has 0 amide bonds. The highest BCUT2D eigenvalue weighted by Crippen LogP contribution is 2.62. The number of hydrogen-bond acceptors (Lipinski definition) is 0. The molecule has 0 bridgehead atoms. The van der Waals surface area contributed by atoms with Gasteiger partial charge in [0.15, 0.2) is 0 Å². The molecule has 0 aliphatic heterocycles. The Morgan fingerprint density at radius 3 is 1.30 bits per heavy atom. The molecule has 56 valence electrons. The van der Waals surface area contributed by atoms with Gasteiger partial charge in [-0.3, -0.25) is 0 Å². The zero-order valence-corrected chi connectivity index (χ0v) is 6.55. The summed E-state index contributed by atoms with van der Waals surface area (Å²) < 4.78 is 0. The molecule has 0 spiro atoms. The van der Waals surface area contributed by atoms with Crippen molar-refractivity contribution >= 4 is 0 Å². The van der Waals surface area contributed by atoms with Crippen LogP contribution in [-0.2, 0) is 0 Å². The van der Waals surface area contributed by atoms with E-state index in [1.54, 1.807) is 38.5 Å². The second kappa shape index (κ2) is 1.78. The molecule has 0 aromatic rings. The Hall–Kier alpha value is 0. The maximum atomic E-state index is 1.59. The lowest BCUT2D eigenvalue weighted by Crippen LogP contribution is -2.54. The zero-order chi connectivity index (χ0) is 6.55. The maximum Gasteiger partial charge on any atom is -0.0352 e. The molecule has 0 nitrogen and oxygen atoms in total. The van der Waals surface area contributed by atoms with E-state index in [0.717, 1.165) is 0 Å². The van der Waals surface area contributed by atoms with Crippen LogP contribution >= 0.6 is 0 Å². The average molecular weight is 136 g/mol. The van der Waals surface area contributed by atoms with E-state index < -0.39 is 0 Å². The van der Waals surface area contributed by atoms with E-state index in [9.17, 15) is 0 Å². The second-order valence-electron chi connectivity index (χ2n) is 4.52. The standard InChI is InChI=1S/C10H16/c1-2-4-8-7(3-1)9-5-6-10(8)9/h7-10H,1-6H2. The van der Waals surface area contributed by atoms with Crippen LogP contribution in [0.1, 0.15) is 38.5 Å². The molecule has 0 radical (unpaired) electrons. The Kier molecular flexibility index (Phi) is 1.00. The Bertz CT molecular complexity index is 132. The summed E-state index contributed by atoms with van der Waals surface area (Å²) in [4.78, 5) is 0. The monoisotopic (exact) mass is 136 g/mol. The summed E-state index contributed by atoms with van der Waals surface area (Å²) in [6.07, 6.45) is 9.45. The van der Waals surface area contributed by atoms with Crippen molar-refractivity contribution in [3.05, 3.63) is 0 Å². The average Bonchev–Trinajstić information content (AvgIpc) is 1.90. The first-order valence-electron chi connectivity index (χ1n) is 4.97. The molecule has 3 rings (SSSR count). The lowest BCUT2D eigenvalue weighted by Gasteiger charge is -2.61. The minimum atomic E-state index is 1.22. The highest BCUT2D eigenvalue weighted by atomic mass is 14.6. The molecule has 0 heteroatoms. The van der Waals surface area contributed by atoms with Crippen molar-refractivity contribution in [3.63, 3.8) is 0 Å². The van der Waals surface area contributed by atoms with Gasteiger partial charge in [0.05, 0.1) is 0 Å². The van der Waals surface area contributed by atoms with Gasteiger partial charge >= 0.3 is 0 Å². The molecule has 3 fully saturated rings. The van der Waals surface area contributed by atoms with Gasteiger partial charge < -0.3 is 0 Å². The quantitative estimate of drug-likeness (QED) is 0.480. The van der Waals surface area contributed by atoms with Gasteiger partial charge in [-0.15, -0.1) is 0 Å². The van der Waals surface area contributed by atoms with Crippen LogP contribution in [-0.4, -0.2) is 0 Å². The van der Waals surface area contributed by atoms with Crippen molar-refractivity contribution in [3.8, 4) is 0 Å². The van der Waals surface area contributed by atoms with Crippen molar-refractivity contribution < 1.29 is 0 Å². The molecule has 0 aromatic carbocycles. The first kappa shape index (κ1) is 5.62. The topological polar surface area (TPSA) is 0 Å². The molecule has 3 aliphatic rings. The van der Waals surface area contributed by atoms with Gasteiger partial charge in [0.1, 0.15) is 0 Å². The molecule has 0 aromatic heterocycles. The van der Waals surface area contributed by atoms with Crippen LogP contribution in [0.3, 0.4) is 0 Å². The Balaban J connectivity index is 1.76. The summed E-state index contributed by atoms with van der Waals surface area (Å²) >= 11 is 0. The Morgan fingerprint density at radius 2 is 0.900 bits per heavy atom. The smallest absolute Gasteiger partial charge is 0.0352 e. The summed E-state index contributed by atoms with van der Waals surface area (Å²) in [6, 6.07) is 0. The molecular weight excluding hydrogens is 120 g/mol. The molecule has 3 aliphatic carbocycles. The highest BCUT2D eigenvalue weighted by Gasteiger charge is 2.54. The predicted molar refractivity (Wildman–Crippen MR) is 41.7 cm³/mol. The molecular formula is C10H16. The minimum absolute atomic E-state index is 1.22. The van der Waals surface area contributed by atoms with E-state index in [2.05, 4.69) is 0 Å². The van der Waals surface area contributed by atoms with Crippen LogP contribution in [0.15, 0.2) is 0 Å².